The predicted molar refractivity (Wildman–Crippen MR) is 87.4 cm³/mol. The fourth-order valence-corrected chi connectivity index (χ4v) is 2.67. The number of hydroxylamine groups is 2. The quantitative estimate of drug-likeness (QED) is 0.759. The summed E-state index contributed by atoms with van der Waals surface area (Å²) in [5.41, 5.74) is 0.926. The van der Waals surface area contributed by atoms with Gasteiger partial charge in [0, 0.05) is 12.8 Å². The lowest BCUT2D eigenvalue weighted by Gasteiger charge is -2.11. The van der Waals surface area contributed by atoms with Crippen LogP contribution in [-0.4, -0.2) is 27.8 Å². The first kappa shape index (κ1) is 17.2. The molecule has 1 aromatic heterocycles. The Morgan fingerprint density at radius 2 is 1.96 bits per heavy atom. The Bertz CT molecular complexity index is 829. The topological polar surface area (TPSA) is 89.7 Å². The molecule has 1 aliphatic rings. The molecule has 130 valence electrons. The molecule has 1 aliphatic heterocycles. The fourth-order valence-electron chi connectivity index (χ4n) is 2.45. The van der Waals surface area contributed by atoms with Crippen LogP contribution in [0.15, 0.2) is 28.7 Å². The largest absolute Gasteiger partial charge is 0.429 e. The maximum atomic E-state index is 12.4. The van der Waals surface area contributed by atoms with Crippen LogP contribution >= 0.6 is 11.6 Å². The van der Waals surface area contributed by atoms with Crippen LogP contribution < -0.4 is 0 Å². The van der Waals surface area contributed by atoms with E-state index in [1.807, 2.05) is 6.92 Å². The number of oxazole rings is 1. The van der Waals surface area contributed by atoms with Gasteiger partial charge in [0.25, 0.3) is 11.8 Å². The average molecular weight is 363 g/mol. The van der Waals surface area contributed by atoms with Crippen molar-refractivity contribution in [1.82, 2.24) is 10.0 Å². The second-order valence-electron chi connectivity index (χ2n) is 5.49. The van der Waals surface area contributed by atoms with Crippen LogP contribution in [-0.2, 0) is 20.8 Å². The van der Waals surface area contributed by atoms with E-state index in [9.17, 15) is 14.4 Å². The van der Waals surface area contributed by atoms with Crippen LogP contribution in [0.2, 0.25) is 5.02 Å². The van der Waals surface area contributed by atoms with E-state index in [0.717, 1.165) is 6.42 Å². The SMILES string of the molecule is CCCc1nc(-c2ccccc2Cl)oc1C(=O)ON1C(=O)CCC1=O. The Balaban J connectivity index is 1.92. The number of aryl methyl sites for hydroxylation is 1. The molecular formula is C17H15ClN2O5. The third-order valence-electron chi connectivity index (χ3n) is 3.65. The highest BCUT2D eigenvalue weighted by Gasteiger charge is 2.35. The summed E-state index contributed by atoms with van der Waals surface area (Å²) < 4.78 is 5.56. The van der Waals surface area contributed by atoms with Gasteiger partial charge in [0.2, 0.25) is 11.7 Å². The Hall–Kier alpha value is -2.67. The molecule has 0 radical (unpaired) electrons. The number of halogens is 1. The van der Waals surface area contributed by atoms with Crippen LogP contribution in [0.1, 0.15) is 42.4 Å². The van der Waals surface area contributed by atoms with Crippen LogP contribution in [0.5, 0.6) is 0 Å². The van der Waals surface area contributed by atoms with Crippen molar-refractivity contribution in [3.05, 3.63) is 40.7 Å². The standard InChI is InChI=1S/C17H15ClN2O5/c1-2-5-12-15(17(23)25-20-13(21)8-9-14(20)22)24-16(19-12)10-6-3-4-7-11(10)18/h3-4,6-7H,2,5,8-9H2,1H3. The number of carbonyl (C=O) groups is 3. The van der Waals surface area contributed by atoms with Crippen molar-refractivity contribution in [2.24, 2.45) is 0 Å². The molecular weight excluding hydrogens is 348 g/mol. The zero-order valence-corrected chi connectivity index (χ0v) is 14.2. The summed E-state index contributed by atoms with van der Waals surface area (Å²) >= 11 is 6.14. The van der Waals surface area contributed by atoms with Crippen molar-refractivity contribution in [3.8, 4) is 11.5 Å². The molecule has 2 amide bonds. The molecule has 25 heavy (non-hydrogen) atoms. The van der Waals surface area contributed by atoms with Gasteiger partial charge in [-0.15, -0.1) is 5.06 Å². The van der Waals surface area contributed by atoms with Crippen molar-refractivity contribution in [2.45, 2.75) is 32.6 Å². The highest BCUT2D eigenvalue weighted by molar-refractivity contribution is 6.33. The molecule has 1 saturated heterocycles. The molecule has 2 aromatic rings. The predicted octanol–water partition coefficient (Wildman–Crippen LogP) is 3.17. The van der Waals surface area contributed by atoms with Gasteiger partial charge in [0.05, 0.1) is 16.3 Å². The first-order valence-electron chi connectivity index (χ1n) is 7.84. The molecule has 1 fully saturated rings. The summed E-state index contributed by atoms with van der Waals surface area (Å²) in [6, 6.07) is 6.93. The Morgan fingerprint density at radius 3 is 2.60 bits per heavy atom. The van der Waals surface area contributed by atoms with Crippen molar-refractivity contribution in [1.29, 1.82) is 0 Å². The minimum atomic E-state index is -0.933. The van der Waals surface area contributed by atoms with E-state index < -0.39 is 17.8 Å². The van der Waals surface area contributed by atoms with Crippen molar-refractivity contribution in [3.63, 3.8) is 0 Å². The van der Waals surface area contributed by atoms with Crippen LogP contribution in [0.4, 0.5) is 0 Å². The van der Waals surface area contributed by atoms with Gasteiger partial charge >= 0.3 is 5.97 Å². The minimum Gasteiger partial charge on any atom is -0.429 e. The zero-order chi connectivity index (χ0) is 18.0. The van der Waals surface area contributed by atoms with E-state index in [1.54, 1.807) is 24.3 Å². The number of carbonyl (C=O) groups excluding carboxylic acids is 3. The minimum absolute atomic E-state index is 0.0230. The van der Waals surface area contributed by atoms with Crippen LogP contribution in [0, 0.1) is 0 Å². The molecule has 0 atom stereocenters. The summed E-state index contributed by atoms with van der Waals surface area (Å²) in [6.07, 6.45) is 1.24. The van der Waals surface area contributed by atoms with E-state index in [1.165, 1.54) is 0 Å². The number of benzene rings is 1. The maximum absolute atomic E-state index is 12.4. The summed E-state index contributed by atoms with van der Waals surface area (Å²) in [5.74, 6) is -2.00. The van der Waals surface area contributed by atoms with E-state index in [0.29, 0.717) is 27.8 Å². The Kier molecular flexibility index (Phi) is 4.85. The molecule has 0 N–H and O–H groups in total. The van der Waals surface area contributed by atoms with E-state index in [2.05, 4.69) is 4.98 Å². The lowest BCUT2D eigenvalue weighted by atomic mass is 10.2. The highest BCUT2D eigenvalue weighted by atomic mass is 35.5. The summed E-state index contributed by atoms with van der Waals surface area (Å²) in [4.78, 5) is 44.8. The van der Waals surface area contributed by atoms with Crippen molar-refractivity contribution in [2.75, 3.05) is 0 Å². The number of rotatable bonds is 5. The molecule has 0 aliphatic carbocycles. The van der Waals surface area contributed by atoms with E-state index in [-0.39, 0.29) is 24.5 Å². The van der Waals surface area contributed by atoms with Gasteiger partial charge in [-0.25, -0.2) is 9.78 Å². The van der Waals surface area contributed by atoms with Crippen molar-refractivity contribution < 1.29 is 23.6 Å². The summed E-state index contributed by atoms with van der Waals surface area (Å²) in [5, 5.41) is 0.909. The second-order valence-corrected chi connectivity index (χ2v) is 5.89. The number of aromatic nitrogens is 1. The molecule has 3 rings (SSSR count). The van der Waals surface area contributed by atoms with E-state index in [4.69, 9.17) is 20.9 Å². The highest BCUT2D eigenvalue weighted by Crippen LogP contribution is 2.29. The molecule has 0 unspecified atom stereocenters. The maximum Gasteiger partial charge on any atom is 0.401 e. The third-order valence-corrected chi connectivity index (χ3v) is 3.98. The van der Waals surface area contributed by atoms with Gasteiger partial charge in [0.1, 0.15) is 0 Å². The first-order valence-corrected chi connectivity index (χ1v) is 8.21. The molecule has 0 bridgehead atoms. The van der Waals surface area contributed by atoms with Crippen LogP contribution in [0.3, 0.4) is 0 Å². The zero-order valence-electron chi connectivity index (χ0n) is 13.5. The Labute approximate surface area is 148 Å². The molecule has 1 aromatic carbocycles. The van der Waals surface area contributed by atoms with Crippen molar-refractivity contribution >= 4 is 29.4 Å². The molecule has 0 spiro atoms. The summed E-state index contributed by atoms with van der Waals surface area (Å²) in [7, 11) is 0. The van der Waals surface area contributed by atoms with Gasteiger partial charge in [-0.3, -0.25) is 9.59 Å². The smallest absolute Gasteiger partial charge is 0.401 e. The molecule has 2 heterocycles. The van der Waals surface area contributed by atoms with Gasteiger partial charge in [0.15, 0.2) is 0 Å². The lowest BCUT2D eigenvalue weighted by molar-refractivity contribution is -0.173. The number of nitrogens with zero attached hydrogens (tertiary/aromatic N) is 2. The van der Waals surface area contributed by atoms with Gasteiger partial charge < -0.3 is 9.25 Å². The third kappa shape index (κ3) is 3.41. The lowest BCUT2D eigenvalue weighted by Crippen LogP contribution is -2.32. The molecule has 8 heteroatoms. The number of hydrogen-bond acceptors (Lipinski definition) is 6. The summed E-state index contributed by atoms with van der Waals surface area (Å²) in [6.45, 7) is 1.92. The first-order chi connectivity index (χ1) is 12.0. The monoisotopic (exact) mass is 362 g/mol. The normalized spacial score (nSPS) is 14.2. The second kappa shape index (κ2) is 7.06. The van der Waals surface area contributed by atoms with Gasteiger partial charge in [-0.1, -0.05) is 37.1 Å². The molecule has 7 nitrogen and oxygen atoms in total. The van der Waals surface area contributed by atoms with E-state index >= 15 is 0 Å². The number of imide groups is 1. The Morgan fingerprint density at radius 1 is 1.28 bits per heavy atom. The average Bonchev–Trinajstić information content (AvgIpc) is 3.14. The van der Waals surface area contributed by atoms with Crippen LogP contribution in [0.25, 0.3) is 11.5 Å². The fraction of sp³-hybridized carbons (Fsp3) is 0.294. The van der Waals surface area contributed by atoms with Gasteiger partial charge in [-0.05, 0) is 18.6 Å². The molecule has 0 saturated carbocycles. The number of amides is 2. The van der Waals surface area contributed by atoms with Gasteiger partial charge in [-0.2, -0.15) is 0 Å². The number of hydrogen-bond donors (Lipinski definition) is 0.